The molecule has 4 heteroatoms. The predicted molar refractivity (Wildman–Crippen MR) is 86.4 cm³/mol. The van der Waals surface area contributed by atoms with Gasteiger partial charge in [0.2, 0.25) is 0 Å². The summed E-state index contributed by atoms with van der Waals surface area (Å²) < 4.78 is 5.40. The molecule has 1 aliphatic rings. The maximum absolute atomic E-state index is 12.7. The number of hydrogen-bond acceptors (Lipinski definition) is 4. The van der Waals surface area contributed by atoms with Gasteiger partial charge in [0.05, 0.1) is 0 Å². The lowest BCUT2D eigenvalue weighted by Crippen LogP contribution is -2.45. The molecule has 0 amide bonds. The molecule has 0 saturated heterocycles. The van der Waals surface area contributed by atoms with E-state index in [-0.39, 0.29) is 5.92 Å². The van der Waals surface area contributed by atoms with Crippen molar-refractivity contribution in [1.29, 1.82) is 0 Å². The van der Waals surface area contributed by atoms with Gasteiger partial charge in [-0.25, -0.2) is 4.79 Å². The van der Waals surface area contributed by atoms with Crippen molar-refractivity contribution in [3.8, 4) is 0 Å². The van der Waals surface area contributed by atoms with E-state index in [4.69, 9.17) is 4.74 Å². The molecule has 122 valence electrons. The van der Waals surface area contributed by atoms with Gasteiger partial charge in [-0.1, -0.05) is 49.6 Å². The van der Waals surface area contributed by atoms with Crippen LogP contribution < -0.4 is 0 Å². The Morgan fingerprint density at radius 3 is 2.45 bits per heavy atom. The van der Waals surface area contributed by atoms with Gasteiger partial charge in [-0.3, -0.25) is 0 Å². The van der Waals surface area contributed by atoms with Crippen molar-refractivity contribution in [1.82, 2.24) is 4.90 Å². The van der Waals surface area contributed by atoms with Gasteiger partial charge in [0.15, 0.2) is 5.60 Å². The first-order chi connectivity index (χ1) is 10.5. The Labute approximate surface area is 133 Å². The lowest BCUT2D eigenvalue weighted by atomic mass is 9.73. The molecule has 1 aromatic carbocycles. The topological polar surface area (TPSA) is 49.8 Å². The van der Waals surface area contributed by atoms with Crippen LogP contribution in [-0.4, -0.2) is 43.2 Å². The molecule has 0 bridgehead atoms. The summed E-state index contributed by atoms with van der Waals surface area (Å²) in [5, 5.41) is 11.3. The Balaban J connectivity index is 2.19. The number of likely N-dealkylation sites (N-methyl/N-ethyl adjacent to an activating group) is 1. The average molecular weight is 305 g/mol. The summed E-state index contributed by atoms with van der Waals surface area (Å²) in [4.78, 5) is 14.6. The molecule has 2 rings (SSSR count). The molecule has 1 aliphatic carbocycles. The molecule has 0 radical (unpaired) electrons. The lowest BCUT2D eigenvalue weighted by molar-refractivity contribution is -0.175. The van der Waals surface area contributed by atoms with Crippen LogP contribution in [0.25, 0.3) is 0 Å². The fourth-order valence-corrected chi connectivity index (χ4v) is 3.16. The van der Waals surface area contributed by atoms with Gasteiger partial charge in [-0.15, -0.1) is 0 Å². The molecule has 0 heterocycles. The van der Waals surface area contributed by atoms with Crippen LogP contribution in [0, 0.1) is 5.92 Å². The third-order valence-corrected chi connectivity index (χ3v) is 4.49. The molecule has 1 saturated carbocycles. The Hall–Kier alpha value is -1.39. The van der Waals surface area contributed by atoms with E-state index in [2.05, 4.69) is 0 Å². The molecule has 0 spiro atoms. The molecular formula is C18H27NO3. The summed E-state index contributed by atoms with van der Waals surface area (Å²) in [6.07, 6.45) is 5.04. The second-order valence-corrected chi connectivity index (χ2v) is 6.41. The van der Waals surface area contributed by atoms with Crippen molar-refractivity contribution in [3.63, 3.8) is 0 Å². The summed E-state index contributed by atoms with van der Waals surface area (Å²) in [6, 6.07) is 9.25. The highest BCUT2D eigenvalue weighted by molar-refractivity contribution is 5.81. The Morgan fingerprint density at radius 1 is 1.23 bits per heavy atom. The van der Waals surface area contributed by atoms with Crippen LogP contribution in [0.3, 0.4) is 0 Å². The third-order valence-electron chi connectivity index (χ3n) is 4.49. The van der Waals surface area contributed by atoms with Crippen molar-refractivity contribution in [2.45, 2.75) is 37.7 Å². The van der Waals surface area contributed by atoms with Crippen LogP contribution in [0.15, 0.2) is 30.3 Å². The van der Waals surface area contributed by atoms with Crippen molar-refractivity contribution in [2.75, 3.05) is 27.2 Å². The Morgan fingerprint density at radius 2 is 1.86 bits per heavy atom. The number of hydrogen-bond donors (Lipinski definition) is 1. The zero-order valence-electron chi connectivity index (χ0n) is 13.6. The van der Waals surface area contributed by atoms with Gasteiger partial charge >= 0.3 is 5.97 Å². The second kappa shape index (κ2) is 7.75. The summed E-state index contributed by atoms with van der Waals surface area (Å²) in [7, 11) is 3.86. The maximum atomic E-state index is 12.7. The molecular weight excluding hydrogens is 278 g/mol. The zero-order valence-corrected chi connectivity index (χ0v) is 13.6. The van der Waals surface area contributed by atoms with E-state index in [9.17, 15) is 9.90 Å². The van der Waals surface area contributed by atoms with Gasteiger partial charge in [0, 0.05) is 12.5 Å². The highest BCUT2D eigenvalue weighted by atomic mass is 16.5. The van der Waals surface area contributed by atoms with E-state index in [0.29, 0.717) is 18.7 Å². The SMILES string of the molecule is CN(C)CCOC(=O)[C@@](O)(c1ccccc1)C1CCCCC1. The Bertz CT molecular complexity index is 468. The number of ether oxygens (including phenoxy) is 1. The first-order valence-electron chi connectivity index (χ1n) is 8.15. The smallest absolute Gasteiger partial charge is 0.343 e. The van der Waals surface area contributed by atoms with E-state index in [1.54, 1.807) is 0 Å². The van der Waals surface area contributed by atoms with E-state index in [1.165, 1.54) is 6.42 Å². The number of carbonyl (C=O) groups excluding carboxylic acids is 1. The fraction of sp³-hybridized carbons (Fsp3) is 0.611. The molecule has 1 fully saturated rings. The Kier molecular flexibility index (Phi) is 5.98. The van der Waals surface area contributed by atoms with Crippen LogP contribution in [0.5, 0.6) is 0 Å². The number of benzene rings is 1. The van der Waals surface area contributed by atoms with Crippen molar-refractivity contribution < 1.29 is 14.6 Å². The minimum absolute atomic E-state index is 0.0597. The van der Waals surface area contributed by atoms with Gasteiger partial charge in [-0.2, -0.15) is 0 Å². The lowest BCUT2D eigenvalue weighted by Gasteiger charge is -2.36. The summed E-state index contributed by atoms with van der Waals surface area (Å²) in [5.74, 6) is -0.567. The van der Waals surface area contributed by atoms with Crippen LogP contribution >= 0.6 is 0 Å². The monoisotopic (exact) mass is 305 g/mol. The van der Waals surface area contributed by atoms with Crippen LogP contribution in [0.4, 0.5) is 0 Å². The average Bonchev–Trinajstić information content (AvgIpc) is 2.55. The first kappa shape index (κ1) is 17.0. The van der Waals surface area contributed by atoms with E-state index in [1.807, 2.05) is 49.3 Å². The predicted octanol–water partition coefficient (Wildman–Crippen LogP) is 2.56. The van der Waals surface area contributed by atoms with E-state index < -0.39 is 11.6 Å². The minimum Gasteiger partial charge on any atom is -0.462 e. The highest BCUT2D eigenvalue weighted by Crippen LogP contribution is 2.40. The quantitative estimate of drug-likeness (QED) is 0.821. The molecule has 1 aromatic rings. The van der Waals surface area contributed by atoms with Crippen molar-refractivity contribution in [3.05, 3.63) is 35.9 Å². The fourth-order valence-electron chi connectivity index (χ4n) is 3.16. The van der Waals surface area contributed by atoms with Gasteiger partial charge in [-0.05, 0) is 32.5 Å². The molecule has 0 unspecified atom stereocenters. The van der Waals surface area contributed by atoms with E-state index >= 15 is 0 Å². The van der Waals surface area contributed by atoms with Crippen LogP contribution in [0.2, 0.25) is 0 Å². The van der Waals surface area contributed by atoms with Crippen molar-refractivity contribution in [2.24, 2.45) is 5.92 Å². The largest absolute Gasteiger partial charge is 0.462 e. The summed E-state index contributed by atoms with van der Waals surface area (Å²) >= 11 is 0. The number of carbonyl (C=O) groups is 1. The summed E-state index contributed by atoms with van der Waals surface area (Å²) in [6.45, 7) is 0.953. The number of nitrogens with zero attached hydrogens (tertiary/aromatic N) is 1. The second-order valence-electron chi connectivity index (χ2n) is 6.41. The zero-order chi connectivity index (χ0) is 16.0. The standard InChI is InChI=1S/C18H27NO3/c1-19(2)13-14-22-17(20)18(21,15-9-5-3-6-10-15)16-11-7-4-8-12-16/h3,5-6,9-10,16,21H,4,7-8,11-14H2,1-2H3/t18-/m1/s1. The molecule has 0 aromatic heterocycles. The molecule has 4 nitrogen and oxygen atoms in total. The number of esters is 1. The van der Waals surface area contributed by atoms with Crippen LogP contribution in [0.1, 0.15) is 37.7 Å². The van der Waals surface area contributed by atoms with Gasteiger partial charge in [0.1, 0.15) is 6.61 Å². The first-order valence-corrected chi connectivity index (χ1v) is 8.15. The normalized spacial score (nSPS) is 18.9. The van der Waals surface area contributed by atoms with Gasteiger partial charge in [0.25, 0.3) is 0 Å². The van der Waals surface area contributed by atoms with E-state index in [0.717, 1.165) is 25.7 Å². The molecule has 0 aliphatic heterocycles. The molecule has 1 N–H and O–H groups in total. The van der Waals surface area contributed by atoms with Gasteiger partial charge < -0.3 is 14.7 Å². The molecule has 1 atom stereocenters. The highest BCUT2D eigenvalue weighted by Gasteiger charge is 2.46. The maximum Gasteiger partial charge on any atom is 0.343 e. The van der Waals surface area contributed by atoms with Crippen molar-refractivity contribution >= 4 is 5.97 Å². The van der Waals surface area contributed by atoms with Crippen LogP contribution in [-0.2, 0) is 15.1 Å². The minimum atomic E-state index is -1.52. The summed E-state index contributed by atoms with van der Waals surface area (Å²) in [5.41, 5.74) is -0.870. The number of aliphatic hydroxyl groups is 1. The molecule has 22 heavy (non-hydrogen) atoms. The third kappa shape index (κ3) is 3.87. The number of rotatable bonds is 6.